The summed E-state index contributed by atoms with van der Waals surface area (Å²) in [5.74, 6) is 0. The molecule has 180 valence electrons. The number of amides is 2. The van der Waals surface area contributed by atoms with Gasteiger partial charge in [-0.3, -0.25) is 0 Å². The highest BCUT2D eigenvalue weighted by molar-refractivity contribution is 7.89. The summed E-state index contributed by atoms with van der Waals surface area (Å²) in [6.45, 7) is 10.8. The summed E-state index contributed by atoms with van der Waals surface area (Å²) in [7, 11) is -3.58. The topological polar surface area (TPSA) is 85.0 Å². The summed E-state index contributed by atoms with van der Waals surface area (Å²) in [5, 5.41) is 3.51. The minimum Gasteiger partial charge on any atom is -0.338 e. The van der Waals surface area contributed by atoms with Crippen LogP contribution in [0, 0.1) is 0 Å². The summed E-state index contributed by atoms with van der Waals surface area (Å²) in [4.78, 5) is 19.4. The Kier molecular flexibility index (Phi) is 9.61. The molecule has 8 nitrogen and oxygen atoms in total. The van der Waals surface area contributed by atoms with Crippen LogP contribution in [0.1, 0.15) is 32.6 Å². The van der Waals surface area contributed by atoms with Gasteiger partial charge in [-0.25, -0.2) is 17.9 Å². The van der Waals surface area contributed by atoms with E-state index in [0.29, 0.717) is 37.5 Å². The van der Waals surface area contributed by atoms with Gasteiger partial charge in [0.1, 0.15) is 0 Å². The molecule has 2 heterocycles. The molecule has 1 aromatic carbocycles. The summed E-state index contributed by atoms with van der Waals surface area (Å²) in [6.07, 6.45) is 3.26. The number of carbonyl (C=O) groups excluding carboxylic acids is 1. The molecular formula is C22H36ClN5O3S. The third-order valence-electron chi connectivity index (χ3n) is 6.32. The van der Waals surface area contributed by atoms with Crippen LogP contribution in [0.2, 0.25) is 5.02 Å². The highest BCUT2D eigenvalue weighted by Crippen LogP contribution is 2.17. The quantitative estimate of drug-likeness (QED) is 0.524. The zero-order valence-corrected chi connectivity index (χ0v) is 20.5. The second kappa shape index (κ2) is 12.2. The van der Waals surface area contributed by atoms with E-state index in [-0.39, 0.29) is 17.0 Å². The molecule has 0 aromatic heterocycles. The number of sulfonamides is 1. The first-order valence-electron chi connectivity index (χ1n) is 11.6. The molecule has 2 aliphatic heterocycles. The van der Waals surface area contributed by atoms with Gasteiger partial charge < -0.3 is 20.0 Å². The maximum absolute atomic E-state index is 12.5. The van der Waals surface area contributed by atoms with E-state index in [0.717, 1.165) is 52.1 Å². The van der Waals surface area contributed by atoms with Crippen LogP contribution < -0.4 is 10.0 Å². The summed E-state index contributed by atoms with van der Waals surface area (Å²) in [6, 6.07) is 5.90. The Morgan fingerprint density at radius 1 is 1.00 bits per heavy atom. The van der Waals surface area contributed by atoms with E-state index >= 15 is 0 Å². The number of hydrogen-bond acceptors (Lipinski definition) is 5. The molecule has 3 rings (SSSR count). The molecule has 0 saturated carbocycles. The average Bonchev–Trinajstić information content (AvgIpc) is 2.79. The summed E-state index contributed by atoms with van der Waals surface area (Å²) >= 11 is 5.84. The van der Waals surface area contributed by atoms with Crippen molar-refractivity contribution in [2.45, 2.75) is 43.5 Å². The van der Waals surface area contributed by atoms with Crippen LogP contribution in [0.25, 0.3) is 0 Å². The third kappa shape index (κ3) is 7.59. The van der Waals surface area contributed by atoms with Crippen LogP contribution in [0.3, 0.4) is 0 Å². The van der Waals surface area contributed by atoms with Crippen molar-refractivity contribution in [2.75, 3.05) is 58.9 Å². The number of likely N-dealkylation sites (N-methyl/N-ethyl adjacent to an activating group) is 1. The van der Waals surface area contributed by atoms with E-state index in [1.807, 2.05) is 0 Å². The second-order valence-electron chi connectivity index (χ2n) is 8.55. The Morgan fingerprint density at radius 3 is 2.25 bits per heavy atom. The van der Waals surface area contributed by atoms with Crippen molar-refractivity contribution in [1.29, 1.82) is 0 Å². The van der Waals surface area contributed by atoms with Gasteiger partial charge >= 0.3 is 6.03 Å². The zero-order valence-electron chi connectivity index (χ0n) is 18.9. The number of nitrogens with zero attached hydrogens (tertiary/aromatic N) is 3. The first-order chi connectivity index (χ1) is 15.4. The van der Waals surface area contributed by atoms with Gasteiger partial charge in [-0.2, -0.15) is 0 Å². The molecule has 0 unspecified atom stereocenters. The second-order valence-corrected chi connectivity index (χ2v) is 10.7. The number of rotatable bonds is 9. The lowest BCUT2D eigenvalue weighted by atomic mass is 10.1. The van der Waals surface area contributed by atoms with Gasteiger partial charge in [0.2, 0.25) is 10.0 Å². The molecule has 2 amide bonds. The predicted octanol–water partition coefficient (Wildman–Crippen LogP) is 2.21. The van der Waals surface area contributed by atoms with E-state index in [9.17, 15) is 13.2 Å². The number of urea groups is 1. The Morgan fingerprint density at radius 2 is 1.62 bits per heavy atom. The van der Waals surface area contributed by atoms with Crippen LogP contribution in [-0.4, -0.2) is 94.1 Å². The molecule has 2 saturated heterocycles. The van der Waals surface area contributed by atoms with Crippen molar-refractivity contribution in [3.05, 3.63) is 29.3 Å². The molecule has 0 radical (unpaired) electrons. The van der Waals surface area contributed by atoms with Crippen LogP contribution in [0.15, 0.2) is 29.2 Å². The number of carbonyl (C=O) groups is 1. The monoisotopic (exact) mass is 485 g/mol. The van der Waals surface area contributed by atoms with Crippen LogP contribution in [0.5, 0.6) is 0 Å². The van der Waals surface area contributed by atoms with Crippen molar-refractivity contribution >= 4 is 27.7 Å². The minimum atomic E-state index is -3.58. The van der Waals surface area contributed by atoms with E-state index in [2.05, 4.69) is 26.8 Å². The number of hydrogen-bond donors (Lipinski definition) is 2. The van der Waals surface area contributed by atoms with Crippen LogP contribution >= 0.6 is 11.6 Å². The smallest absolute Gasteiger partial charge is 0.317 e. The van der Waals surface area contributed by atoms with Gasteiger partial charge in [-0.05, 0) is 63.0 Å². The predicted molar refractivity (Wildman–Crippen MR) is 128 cm³/mol. The van der Waals surface area contributed by atoms with E-state index in [1.165, 1.54) is 12.1 Å². The van der Waals surface area contributed by atoms with Gasteiger partial charge in [0.05, 0.1) is 4.90 Å². The number of unbranched alkanes of at least 4 members (excludes halogenated alkanes) is 1. The van der Waals surface area contributed by atoms with E-state index in [1.54, 1.807) is 17.0 Å². The fourth-order valence-corrected chi connectivity index (χ4v) is 5.63. The van der Waals surface area contributed by atoms with Gasteiger partial charge in [-0.1, -0.05) is 18.5 Å². The summed E-state index contributed by atoms with van der Waals surface area (Å²) < 4.78 is 27.8. The molecule has 1 aromatic rings. The fraction of sp³-hybridized carbons (Fsp3) is 0.682. The average molecular weight is 486 g/mol. The Balaban J connectivity index is 1.29. The molecule has 0 bridgehead atoms. The van der Waals surface area contributed by atoms with Crippen molar-refractivity contribution in [3.8, 4) is 0 Å². The number of piperidine rings is 1. The van der Waals surface area contributed by atoms with Gasteiger partial charge in [0.15, 0.2) is 0 Å². The number of nitrogens with one attached hydrogen (secondary N) is 2. The molecular weight excluding hydrogens is 450 g/mol. The highest BCUT2D eigenvalue weighted by atomic mass is 35.5. The lowest BCUT2D eigenvalue weighted by Crippen LogP contribution is -2.49. The molecule has 0 spiro atoms. The Bertz CT molecular complexity index is 820. The summed E-state index contributed by atoms with van der Waals surface area (Å²) in [5.41, 5.74) is 0. The van der Waals surface area contributed by atoms with Crippen molar-refractivity contribution in [2.24, 2.45) is 0 Å². The van der Waals surface area contributed by atoms with Crippen LogP contribution in [-0.2, 0) is 10.0 Å². The molecule has 2 aliphatic rings. The number of likely N-dealkylation sites (tertiary alicyclic amines) is 1. The molecule has 0 aliphatic carbocycles. The number of piperazine rings is 1. The van der Waals surface area contributed by atoms with Crippen LogP contribution in [0.4, 0.5) is 4.79 Å². The first-order valence-corrected chi connectivity index (χ1v) is 13.5. The van der Waals surface area contributed by atoms with Gasteiger partial charge in [-0.15, -0.1) is 0 Å². The van der Waals surface area contributed by atoms with Gasteiger partial charge in [0.25, 0.3) is 0 Å². The lowest BCUT2D eigenvalue weighted by Gasteiger charge is -2.34. The fourth-order valence-electron chi connectivity index (χ4n) is 4.20. The highest BCUT2D eigenvalue weighted by Gasteiger charge is 2.26. The molecule has 10 heteroatoms. The SMILES string of the molecule is CCN1CCN(CCCCNC(=O)N2CCC(NS(=O)(=O)c3ccc(Cl)cc3)CC2)CC1. The van der Waals surface area contributed by atoms with Crippen molar-refractivity contribution < 1.29 is 13.2 Å². The van der Waals surface area contributed by atoms with Crippen molar-refractivity contribution in [1.82, 2.24) is 24.7 Å². The number of benzene rings is 1. The molecule has 0 atom stereocenters. The maximum Gasteiger partial charge on any atom is 0.317 e. The van der Waals surface area contributed by atoms with Crippen molar-refractivity contribution in [3.63, 3.8) is 0 Å². The van der Waals surface area contributed by atoms with E-state index in [4.69, 9.17) is 11.6 Å². The minimum absolute atomic E-state index is 0.0550. The van der Waals surface area contributed by atoms with E-state index < -0.39 is 10.0 Å². The maximum atomic E-state index is 12.5. The Hall–Kier alpha value is -1.39. The standard InChI is InChI=1S/C22H36ClN5O3S/c1-2-26-15-17-27(18-16-26)12-4-3-11-24-22(29)28-13-9-20(10-14-28)25-32(30,31)21-7-5-19(23)6-8-21/h5-8,20,25H,2-4,9-18H2,1H3,(H,24,29). The first kappa shape index (κ1) is 25.2. The largest absolute Gasteiger partial charge is 0.338 e. The normalized spacial score (nSPS) is 19.2. The molecule has 32 heavy (non-hydrogen) atoms. The third-order valence-corrected chi connectivity index (χ3v) is 8.11. The van der Waals surface area contributed by atoms with Gasteiger partial charge in [0, 0.05) is 56.9 Å². The zero-order chi connectivity index (χ0) is 23.0. The Labute approximate surface area is 197 Å². The molecule has 2 N–H and O–H groups in total. The number of halogens is 1. The lowest BCUT2D eigenvalue weighted by molar-refractivity contribution is 0.135. The molecule has 2 fully saturated rings.